The summed E-state index contributed by atoms with van der Waals surface area (Å²) in [5, 5.41) is 12.6. The largest absolute Gasteiger partial charge is 0.445 e. The van der Waals surface area contributed by atoms with Gasteiger partial charge in [-0.2, -0.15) is 0 Å². The molecule has 0 aliphatic heterocycles. The Kier molecular flexibility index (Phi) is 4.61. The quantitative estimate of drug-likeness (QED) is 0.332. The molecule has 0 bridgehead atoms. The third-order valence-corrected chi connectivity index (χ3v) is 8.45. The highest BCUT2D eigenvalue weighted by Gasteiger charge is 2.65. The minimum Gasteiger partial charge on any atom is -0.445 e. The van der Waals surface area contributed by atoms with Crippen molar-refractivity contribution in [2.24, 2.45) is 34.2 Å². The van der Waals surface area contributed by atoms with Gasteiger partial charge < -0.3 is 9.94 Å². The summed E-state index contributed by atoms with van der Waals surface area (Å²) in [5.74, 6) is 5.25. The van der Waals surface area contributed by atoms with Gasteiger partial charge in [0.15, 0.2) is 5.60 Å². The average molecular weight is 370 g/mol. The van der Waals surface area contributed by atoms with E-state index in [1.165, 1.54) is 18.9 Å². The third-order valence-electron chi connectivity index (χ3n) is 8.45. The summed E-state index contributed by atoms with van der Waals surface area (Å²) in [5.41, 5.74) is 1.53. The predicted molar refractivity (Wildman–Crippen MR) is 104 cm³/mol. The highest BCUT2D eigenvalue weighted by Crippen LogP contribution is 2.67. The minimum atomic E-state index is -0.720. The first-order chi connectivity index (χ1) is 13.0. The molecule has 0 unspecified atom stereocenters. The first-order valence-corrected chi connectivity index (χ1v) is 10.6. The number of allylic oxidation sites excluding steroid dienone is 2. The molecule has 3 fully saturated rings. The van der Waals surface area contributed by atoms with Gasteiger partial charge in [-0.3, -0.25) is 4.79 Å². The molecule has 0 aromatic heterocycles. The van der Waals surface area contributed by atoms with E-state index in [0.29, 0.717) is 23.7 Å². The first kappa shape index (κ1) is 18.6. The summed E-state index contributed by atoms with van der Waals surface area (Å²) < 4.78 is 5.90. The van der Waals surface area contributed by atoms with E-state index in [1.54, 1.807) is 0 Å². The van der Waals surface area contributed by atoms with Crippen LogP contribution in [0.15, 0.2) is 16.8 Å². The fourth-order valence-corrected chi connectivity index (χ4v) is 7.45. The van der Waals surface area contributed by atoms with Crippen molar-refractivity contribution in [3.05, 3.63) is 11.6 Å². The van der Waals surface area contributed by atoms with Crippen molar-refractivity contribution in [2.75, 3.05) is 0 Å². The van der Waals surface area contributed by atoms with E-state index in [1.807, 2.05) is 0 Å². The van der Waals surface area contributed by atoms with Crippen LogP contribution in [0.5, 0.6) is 0 Å². The third kappa shape index (κ3) is 2.57. The molecule has 4 aliphatic rings. The van der Waals surface area contributed by atoms with Gasteiger partial charge in [-0.05, 0) is 87.5 Å². The smallest absolute Gasteiger partial charge is 0.304 e. The van der Waals surface area contributed by atoms with E-state index in [-0.39, 0.29) is 11.4 Å². The first-order valence-electron chi connectivity index (χ1n) is 10.6. The van der Waals surface area contributed by atoms with Gasteiger partial charge >= 0.3 is 5.97 Å². The molecule has 1 N–H and O–H groups in total. The van der Waals surface area contributed by atoms with Crippen molar-refractivity contribution >= 4 is 11.7 Å². The van der Waals surface area contributed by atoms with E-state index >= 15 is 0 Å². The van der Waals surface area contributed by atoms with Gasteiger partial charge in [-0.15, -0.1) is 6.42 Å². The van der Waals surface area contributed by atoms with Gasteiger partial charge in [0.25, 0.3) is 0 Å². The fourth-order valence-electron chi connectivity index (χ4n) is 7.45. The number of hydrogen-bond acceptors (Lipinski definition) is 4. The van der Waals surface area contributed by atoms with Gasteiger partial charge in [-0.1, -0.05) is 23.6 Å². The Labute approximate surface area is 162 Å². The van der Waals surface area contributed by atoms with Gasteiger partial charge in [0.2, 0.25) is 0 Å². The van der Waals surface area contributed by atoms with Crippen LogP contribution >= 0.6 is 0 Å². The molecule has 4 nitrogen and oxygen atoms in total. The number of ether oxygens (including phenoxy) is 1. The van der Waals surface area contributed by atoms with Crippen molar-refractivity contribution in [3.63, 3.8) is 0 Å². The number of oxime groups is 1. The van der Waals surface area contributed by atoms with Gasteiger partial charge in [0.1, 0.15) is 0 Å². The van der Waals surface area contributed by atoms with Crippen molar-refractivity contribution in [1.29, 1.82) is 0 Å². The van der Waals surface area contributed by atoms with Crippen LogP contribution in [0.3, 0.4) is 0 Å². The second kappa shape index (κ2) is 6.69. The molecule has 3 saturated carbocycles. The van der Waals surface area contributed by atoms with E-state index in [0.717, 1.165) is 57.1 Å². The lowest BCUT2D eigenvalue weighted by Gasteiger charge is -2.56. The molecule has 0 saturated heterocycles. The maximum absolute atomic E-state index is 11.9. The van der Waals surface area contributed by atoms with E-state index in [9.17, 15) is 4.79 Å². The van der Waals surface area contributed by atoms with Gasteiger partial charge in [-0.25, -0.2) is 0 Å². The van der Waals surface area contributed by atoms with Crippen LogP contribution < -0.4 is 0 Å². The van der Waals surface area contributed by atoms with Gasteiger partial charge in [0, 0.05) is 12.3 Å². The van der Waals surface area contributed by atoms with Crippen molar-refractivity contribution < 1.29 is 14.7 Å². The number of esters is 1. The Morgan fingerprint density at radius 2 is 2.11 bits per heavy atom. The maximum Gasteiger partial charge on any atom is 0.304 e. The molecule has 4 rings (SSSR count). The molecular weight excluding hydrogens is 338 g/mol. The van der Waals surface area contributed by atoms with Crippen molar-refractivity contribution in [2.45, 2.75) is 77.2 Å². The highest BCUT2D eigenvalue weighted by molar-refractivity contribution is 5.96. The number of rotatable bonds is 2. The molecule has 0 heterocycles. The Hall–Kier alpha value is -1.76. The number of hydrogen-bond donors (Lipinski definition) is 1. The van der Waals surface area contributed by atoms with Crippen LogP contribution in [0.25, 0.3) is 0 Å². The zero-order valence-electron chi connectivity index (χ0n) is 16.5. The number of carbonyl (C=O) groups excluding carboxylic acids is 1. The zero-order chi connectivity index (χ0) is 19.2. The molecule has 0 amide bonds. The van der Waals surface area contributed by atoms with Crippen LogP contribution in [0.4, 0.5) is 0 Å². The summed E-state index contributed by atoms with van der Waals surface area (Å²) in [7, 11) is 0. The highest BCUT2D eigenvalue weighted by atomic mass is 16.6. The number of terminal acetylenes is 1. The Morgan fingerprint density at radius 3 is 2.78 bits per heavy atom. The summed E-state index contributed by atoms with van der Waals surface area (Å²) in [6.07, 6.45) is 17.5. The van der Waals surface area contributed by atoms with E-state index in [2.05, 4.69) is 24.1 Å². The molecule has 0 spiro atoms. The summed E-state index contributed by atoms with van der Waals surface area (Å²) in [4.78, 5) is 11.9. The van der Waals surface area contributed by atoms with E-state index < -0.39 is 5.60 Å². The molecule has 0 aromatic rings. The predicted octanol–water partition coefficient (Wildman–Crippen LogP) is 4.71. The Bertz CT molecular complexity index is 732. The molecule has 4 heteroatoms. The standard InChI is InChI=1S/C23H31NO3/c1-4-22-12-10-19-18-9-7-17(24-26)14-16(18)6-8-20(19)21(22)11-13-23(22,5-2)27-15(3)25/h2,14,18-21,26H,4,6-13H2,1,3H3/b24-17-/t18-,19-,20-,21+,22-,23-/m1/s1. The second-order valence-corrected chi connectivity index (χ2v) is 9.08. The lowest BCUT2D eigenvalue weighted by molar-refractivity contribution is -0.170. The summed E-state index contributed by atoms with van der Waals surface area (Å²) >= 11 is 0. The summed E-state index contributed by atoms with van der Waals surface area (Å²) in [6, 6.07) is 0. The molecule has 0 aromatic carbocycles. The number of fused-ring (bicyclic) bond motifs is 5. The maximum atomic E-state index is 11.9. The molecule has 27 heavy (non-hydrogen) atoms. The number of nitrogens with zero attached hydrogens (tertiary/aromatic N) is 1. The summed E-state index contributed by atoms with van der Waals surface area (Å²) in [6.45, 7) is 3.72. The molecular formula is C23H31NO3. The molecule has 0 radical (unpaired) electrons. The van der Waals surface area contributed by atoms with Crippen LogP contribution in [0.1, 0.15) is 71.6 Å². The van der Waals surface area contributed by atoms with Gasteiger partial charge in [0.05, 0.1) is 5.71 Å². The monoisotopic (exact) mass is 369 g/mol. The van der Waals surface area contributed by atoms with E-state index in [4.69, 9.17) is 16.4 Å². The second-order valence-electron chi connectivity index (χ2n) is 9.08. The minimum absolute atomic E-state index is 0.0673. The topological polar surface area (TPSA) is 58.9 Å². The lowest BCUT2D eigenvalue weighted by atomic mass is 9.49. The Morgan fingerprint density at radius 1 is 1.30 bits per heavy atom. The van der Waals surface area contributed by atoms with Crippen LogP contribution in [0.2, 0.25) is 0 Å². The molecule has 6 atom stereocenters. The molecule has 146 valence electrons. The number of carbonyl (C=O) groups is 1. The Balaban J connectivity index is 1.66. The normalized spacial score (nSPS) is 44.5. The molecule has 4 aliphatic carbocycles. The van der Waals surface area contributed by atoms with Crippen LogP contribution in [-0.4, -0.2) is 22.5 Å². The fraction of sp³-hybridized carbons (Fsp3) is 0.739. The van der Waals surface area contributed by atoms with Crippen LogP contribution in [-0.2, 0) is 9.53 Å². The average Bonchev–Trinajstić information content (AvgIpc) is 3.01. The lowest BCUT2D eigenvalue weighted by Crippen LogP contribution is -2.55. The zero-order valence-corrected chi connectivity index (χ0v) is 16.5. The van der Waals surface area contributed by atoms with Crippen molar-refractivity contribution in [1.82, 2.24) is 0 Å². The van der Waals surface area contributed by atoms with Crippen molar-refractivity contribution in [3.8, 4) is 12.3 Å². The van der Waals surface area contributed by atoms with Crippen LogP contribution in [0, 0.1) is 41.4 Å². The SMILES string of the molecule is C#C[C@@]1(OC(C)=O)CC[C@H]2[C@@H]3CCC4=C/C(=N\O)CC[C@H]4[C@H]3CC[C@]21CC.